The minimum Gasteiger partial charge on any atom is -0.432 e. The summed E-state index contributed by atoms with van der Waals surface area (Å²) in [5.74, 6) is -1.04. The molecule has 0 fully saturated rings. The summed E-state index contributed by atoms with van der Waals surface area (Å²) in [6, 6.07) is 1.36. The Labute approximate surface area is 64.4 Å². The molecule has 6 heteroatoms. The van der Waals surface area contributed by atoms with E-state index >= 15 is 0 Å². The van der Waals surface area contributed by atoms with E-state index < -0.39 is 11.9 Å². The lowest BCUT2D eigenvalue weighted by atomic mass is 10.5. The van der Waals surface area contributed by atoms with Gasteiger partial charge in [0.1, 0.15) is 0 Å². The molecule has 2 aromatic heterocycles. The molecule has 2 rings (SSSR count). The summed E-state index contributed by atoms with van der Waals surface area (Å²) in [5.41, 5.74) is 0.0855. The zero-order valence-electron chi connectivity index (χ0n) is 5.67. The molecule has 0 spiro atoms. The first-order valence-electron chi connectivity index (χ1n) is 3.08. The van der Waals surface area contributed by atoms with Gasteiger partial charge in [-0.25, -0.2) is 4.52 Å². The van der Waals surface area contributed by atoms with Gasteiger partial charge < -0.3 is 4.42 Å². The lowest BCUT2D eigenvalue weighted by Gasteiger charge is -1.97. The maximum Gasteiger partial charge on any atom is 0.451 e. The van der Waals surface area contributed by atoms with Crippen molar-refractivity contribution in [2.24, 2.45) is 0 Å². The molecule has 0 saturated heterocycles. The molecular formula is C6H3F3N2O. The Morgan fingerprint density at radius 3 is 2.75 bits per heavy atom. The van der Waals surface area contributed by atoms with Gasteiger partial charge in [-0.2, -0.15) is 18.3 Å². The number of fused-ring (bicyclic) bond motifs is 1. The zero-order valence-corrected chi connectivity index (χ0v) is 5.67. The largest absolute Gasteiger partial charge is 0.451 e. The molecule has 0 amide bonds. The van der Waals surface area contributed by atoms with E-state index in [4.69, 9.17) is 0 Å². The van der Waals surface area contributed by atoms with Crippen molar-refractivity contribution in [3.8, 4) is 0 Å². The van der Waals surface area contributed by atoms with Crippen LogP contribution >= 0.6 is 0 Å². The zero-order chi connectivity index (χ0) is 8.77. The molecule has 12 heavy (non-hydrogen) atoms. The van der Waals surface area contributed by atoms with Crippen molar-refractivity contribution >= 4 is 5.71 Å². The number of halogens is 3. The van der Waals surface area contributed by atoms with Gasteiger partial charge in [0.2, 0.25) is 11.5 Å². The SMILES string of the molecule is FC(F)(F)c1cn2nccc2o1. The minimum absolute atomic E-state index is 0.0855. The van der Waals surface area contributed by atoms with Crippen molar-refractivity contribution < 1.29 is 17.6 Å². The van der Waals surface area contributed by atoms with Crippen molar-refractivity contribution in [1.29, 1.82) is 0 Å². The van der Waals surface area contributed by atoms with Gasteiger partial charge in [-0.1, -0.05) is 0 Å². The second-order valence-corrected chi connectivity index (χ2v) is 2.21. The first-order chi connectivity index (χ1) is 5.57. The van der Waals surface area contributed by atoms with Gasteiger partial charge in [-0.3, -0.25) is 0 Å². The van der Waals surface area contributed by atoms with Crippen LogP contribution in [-0.4, -0.2) is 9.61 Å². The van der Waals surface area contributed by atoms with Crippen molar-refractivity contribution in [2.45, 2.75) is 6.18 Å². The van der Waals surface area contributed by atoms with Crippen LogP contribution in [0.4, 0.5) is 13.2 Å². The fourth-order valence-electron chi connectivity index (χ4n) is 0.861. The quantitative estimate of drug-likeness (QED) is 0.614. The van der Waals surface area contributed by atoms with Gasteiger partial charge in [0.15, 0.2) is 0 Å². The summed E-state index contributed by atoms with van der Waals surface area (Å²) in [6.45, 7) is 0. The van der Waals surface area contributed by atoms with Crippen molar-refractivity contribution in [1.82, 2.24) is 9.61 Å². The molecule has 0 aliphatic carbocycles. The molecule has 3 nitrogen and oxygen atoms in total. The lowest BCUT2D eigenvalue weighted by Crippen LogP contribution is -2.02. The van der Waals surface area contributed by atoms with Gasteiger partial charge in [0, 0.05) is 6.07 Å². The van der Waals surface area contributed by atoms with E-state index in [1.807, 2.05) is 0 Å². The number of rotatable bonds is 0. The summed E-state index contributed by atoms with van der Waals surface area (Å²) >= 11 is 0. The van der Waals surface area contributed by atoms with E-state index in [1.165, 1.54) is 12.3 Å². The summed E-state index contributed by atoms with van der Waals surface area (Å²) < 4.78 is 41.4. The molecule has 0 unspecified atom stereocenters. The summed E-state index contributed by atoms with van der Waals surface area (Å²) in [7, 11) is 0. The second-order valence-electron chi connectivity index (χ2n) is 2.21. The highest BCUT2D eigenvalue weighted by Crippen LogP contribution is 2.30. The molecule has 0 aliphatic rings. The molecule has 0 atom stereocenters. The number of alkyl halides is 3. The Kier molecular flexibility index (Phi) is 1.22. The van der Waals surface area contributed by atoms with E-state index in [2.05, 4.69) is 9.52 Å². The minimum atomic E-state index is -4.44. The Morgan fingerprint density at radius 2 is 2.17 bits per heavy atom. The molecule has 2 heterocycles. The molecule has 0 bridgehead atoms. The molecule has 0 aromatic carbocycles. The lowest BCUT2D eigenvalue weighted by molar-refractivity contribution is -0.152. The maximum atomic E-state index is 12.0. The van der Waals surface area contributed by atoms with Crippen molar-refractivity contribution in [3.05, 3.63) is 24.2 Å². The highest BCUT2D eigenvalue weighted by Gasteiger charge is 2.35. The predicted octanol–water partition coefficient (Wildman–Crippen LogP) is 1.95. The normalized spacial score (nSPS) is 12.6. The number of oxazole rings is 1. The van der Waals surface area contributed by atoms with Crippen LogP contribution in [0.5, 0.6) is 0 Å². The van der Waals surface area contributed by atoms with Crippen molar-refractivity contribution in [3.63, 3.8) is 0 Å². The highest BCUT2D eigenvalue weighted by atomic mass is 19.4. The number of hydrogen-bond donors (Lipinski definition) is 0. The monoisotopic (exact) mass is 176 g/mol. The van der Waals surface area contributed by atoms with Crippen LogP contribution in [0.25, 0.3) is 5.71 Å². The molecule has 0 aliphatic heterocycles. The van der Waals surface area contributed by atoms with Gasteiger partial charge in [-0.05, 0) is 0 Å². The predicted molar refractivity (Wildman–Crippen MR) is 32.5 cm³/mol. The maximum absolute atomic E-state index is 12.0. The first kappa shape index (κ1) is 7.20. The topological polar surface area (TPSA) is 30.4 Å². The van der Waals surface area contributed by atoms with Crippen LogP contribution in [0.15, 0.2) is 22.9 Å². The fourth-order valence-corrected chi connectivity index (χ4v) is 0.861. The number of nitrogens with zero attached hydrogens (tertiary/aromatic N) is 2. The Balaban J connectivity index is 2.59. The van der Waals surface area contributed by atoms with E-state index in [0.29, 0.717) is 0 Å². The Bertz CT molecular complexity index is 371. The Morgan fingerprint density at radius 1 is 1.42 bits per heavy atom. The summed E-state index contributed by atoms with van der Waals surface area (Å²) in [6.07, 6.45) is -2.28. The van der Waals surface area contributed by atoms with E-state index in [0.717, 1.165) is 10.7 Å². The van der Waals surface area contributed by atoms with Crippen LogP contribution in [0.3, 0.4) is 0 Å². The second kappa shape index (κ2) is 2.02. The van der Waals surface area contributed by atoms with Crippen LogP contribution in [0.2, 0.25) is 0 Å². The third-order valence-electron chi connectivity index (χ3n) is 1.37. The van der Waals surface area contributed by atoms with Gasteiger partial charge in [0.25, 0.3) is 0 Å². The molecule has 0 radical (unpaired) electrons. The summed E-state index contributed by atoms with van der Waals surface area (Å²) in [4.78, 5) is 0. The fraction of sp³-hybridized carbons (Fsp3) is 0.167. The van der Waals surface area contributed by atoms with Crippen LogP contribution in [0, 0.1) is 0 Å². The van der Waals surface area contributed by atoms with Crippen LogP contribution in [0.1, 0.15) is 5.76 Å². The average Bonchev–Trinajstić information content (AvgIpc) is 2.37. The van der Waals surface area contributed by atoms with E-state index in [-0.39, 0.29) is 5.71 Å². The third-order valence-corrected chi connectivity index (χ3v) is 1.37. The molecular weight excluding hydrogens is 173 g/mol. The smallest absolute Gasteiger partial charge is 0.432 e. The third kappa shape index (κ3) is 0.956. The van der Waals surface area contributed by atoms with Crippen LogP contribution in [-0.2, 0) is 6.18 Å². The van der Waals surface area contributed by atoms with Crippen LogP contribution < -0.4 is 0 Å². The number of hydrogen-bond acceptors (Lipinski definition) is 2. The van der Waals surface area contributed by atoms with Gasteiger partial charge in [-0.15, -0.1) is 0 Å². The average molecular weight is 176 g/mol. The summed E-state index contributed by atoms with van der Waals surface area (Å²) in [5, 5.41) is 3.58. The molecule has 2 aromatic rings. The van der Waals surface area contributed by atoms with Gasteiger partial charge >= 0.3 is 6.18 Å². The standard InChI is InChI=1S/C6H3F3N2O/c7-6(8,9)4-3-11-5(12-4)1-2-10-11/h1-3H. The Hall–Kier alpha value is -1.46. The van der Waals surface area contributed by atoms with Crippen molar-refractivity contribution in [2.75, 3.05) is 0 Å². The van der Waals surface area contributed by atoms with Gasteiger partial charge in [0.05, 0.1) is 12.4 Å². The molecule has 64 valence electrons. The highest BCUT2D eigenvalue weighted by molar-refractivity contribution is 5.32. The molecule has 0 N–H and O–H groups in total. The number of aromatic nitrogens is 2. The first-order valence-corrected chi connectivity index (χ1v) is 3.08. The van der Waals surface area contributed by atoms with E-state index in [9.17, 15) is 13.2 Å². The van der Waals surface area contributed by atoms with E-state index in [1.54, 1.807) is 0 Å². The molecule has 0 saturated carbocycles.